The number of aryl methyl sites for hydroxylation is 1. The van der Waals surface area contributed by atoms with E-state index >= 15 is 0 Å². The lowest BCUT2D eigenvalue weighted by atomic mass is 10.0. The van der Waals surface area contributed by atoms with Gasteiger partial charge in [-0.25, -0.2) is 4.79 Å². The zero-order valence-corrected chi connectivity index (χ0v) is 22.7. The molecule has 3 amide bonds. The third kappa shape index (κ3) is 7.52. The number of benzene rings is 2. The fourth-order valence-electron chi connectivity index (χ4n) is 4.03. The molecule has 0 spiro atoms. The Hall–Kier alpha value is -4.02. The average molecular weight is 550 g/mol. The van der Waals surface area contributed by atoms with Crippen LogP contribution in [0, 0.1) is 0 Å². The van der Waals surface area contributed by atoms with Crippen LogP contribution in [0.15, 0.2) is 66.0 Å². The smallest absolute Gasteiger partial charge is 0.338 e. The minimum absolute atomic E-state index is 0.0350. The molecule has 0 radical (unpaired) electrons. The number of nitrogens with one attached hydrogen (secondary N) is 3. The van der Waals surface area contributed by atoms with Crippen LogP contribution in [-0.2, 0) is 30.3 Å². The first-order chi connectivity index (χ1) is 18.7. The van der Waals surface area contributed by atoms with E-state index in [-0.39, 0.29) is 30.9 Å². The molecule has 0 saturated carbocycles. The predicted octanol–water partition coefficient (Wildman–Crippen LogP) is 3.71. The molecule has 3 N–H and O–H groups in total. The van der Waals surface area contributed by atoms with E-state index in [0.717, 1.165) is 16.0 Å². The van der Waals surface area contributed by atoms with Gasteiger partial charge in [0.15, 0.2) is 12.2 Å². The molecule has 9 nitrogen and oxygen atoms in total. The van der Waals surface area contributed by atoms with E-state index in [0.29, 0.717) is 11.1 Å². The first-order valence-corrected chi connectivity index (χ1v) is 13.6. The number of ether oxygens (including phenoxy) is 2. The van der Waals surface area contributed by atoms with E-state index in [1.54, 1.807) is 49.4 Å². The summed E-state index contributed by atoms with van der Waals surface area (Å²) < 4.78 is 10.1. The summed E-state index contributed by atoms with van der Waals surface area (Å²) >= 11 is 1.66. The monoisotopic (exact) mass is 549 g/mol. The first kappa shape index (κ1) is 28.0. The molecule has 3 atom stereocenters. The SMILES string of the molecule is CC(C)OC(=O)C1OC1C(=O)NNC(=O)CCc1ccccc1C(=O)N[C@H](C)c1cccc(-c2cccs2)c1. The molecular formula is C29H31N3O6S. The van der Waals surface area contributed by atoms with Crippen molar-refractivity contribution in [2.24, 2.45) is 0 Å². The van der Waals surface area contributed by atoms with Crippen LogP contribution in [0.25, 0.3) is 10.4 Å². The highest BCUT2D eigenvalue weighted by molar-refractivity contribution is 7.13. The van der Waals surface area contributed by atoms with Crippen LogP contribution < -0.4 is 16.2 Å². The van der Waals surface area contributed by atoms with Crippen molar-refractivity contribution >= 4 is 35.0 Å². The number of thiophene rings is 1. The van der Waals surface area contributed by atoms with Crippen molar-refractivity contribution in [2.45, 2.75) is 58.0 Å². The molecule has 1 aliphatic rings. The van der Waals surface area contributed by atoms with Crippen LogP contribution in [0.5, 0.6) is 0 Å². The van der Waals surface area contributed by atoms with Crippen LogP contribution in [-0.4, -0.2) is 42.0 Å². The van der Waals surface area contributed by atoms with Crippen molar-refractivity contribution in [1.82, 2.24) is 16.2 Å². The molecule has 1 fully saturated rings. The van der Waals surface area contributed by atoms with Gasteiger partial charge in [0.1, 0.15) is 0 Å². The number of carbonyl (C=O) groups excluding carboxylic acids is 4. The lowest BCUT2D eigenvalue weighted by molar-refractivity contribution is -0.149. The summed E-state index contributed by atoms with van der Waals surface area (Å²) in [6.07, 6.45) is -1.95. The van der Waals surface area contributed by atoms with E-state index in [4.69, 9.17) is 9.47 Å². The average Bonchev–Trinajstić information content (AvgIpc) is 3.55. The van der Waals surface area contributed by atoms with Gasteiger partial charge in [-0.2, -0.15) is 0 Å². The van der Waals surface area contributed by atoms with E-state index in [2.05, 4.69) is 28.3 Å². The Morgan fingerprint density at radius 3 is 2.49 bits per heavy atom. The summed E-state index contributed by atoms with van der Waals surface area (Å²) in [6.45, 7) is 5.33. The Labute approximate surface area is 230 Å². The summed E-state index contributed by atoms with van der Waals surface area (Å²) in [6, 6.07) is 19.0. The highest BCUT2D eigenvalue weighted by Gasteiger charge is 2.52. The van der Waals surface area contributed by atoms with Gasteiger partial charge in [-0.1, -0.05) is 42.5 Å². The number of carbonyl (C=O) groups is 4. The lowest BCUT2D eigenvalue weighted by Gasteiger charge is -2.17. The molecule has 10 heteroatoms. The third-order valence-electron chi connectivity index (χ3n) is 6.08. The molecule has 0 aliphatic carbocycles. The van der Waals surface area contributed by atoms with E-state index in [9.17, 15) is 19.2 Å². The maximum Gasteiger partial charge on any atom is 0.338 e. The summed E-state index contributed by atoms with van der Waals surface area (Å²) in [5.74, 6) is -1.93. The molecule has 2 unspecified atom stereocenters. The normalized spacial score (nSPS) is 16.7. The molecule has 1 saturated heterocycles. The van der Waals surface area contributed by atoms with Gasteiger partial charge in [0, 0.05) is 16.9 Å². The van der Waals surface area contributed by atoms with Gasteiger partial charge < -0.3 is 14.8 Å². The maximum atomic E-state index is 13.1. The Kier molecular flexibility index (Phi) is 9.11. The van der Waals surface area contributed by atoms with E-state index in [1.807, 2.05) is 36.6 Å². The number of hydrogen-bond donors (Lipinski definition) is 3. The first-order valence-electron chi connectivity index (χ1n) is 12.7. The van der Waals surface area contributed by atoms with E-state index in [1.165, 1.54) is 0 Å². The van der Waals surface area contributed by atoms with Crippen molar-refractivity contribution in [3.05, 3.63) is 82.7 Å². The lowest BCUT2D eigenvalue weighted by Crippen LogP contribution is -2.44. The quantitative estimate of drug-likeness (QED) is 0.201. The summed E-state index contributed by atoms with van der Waals surface area (Å²) in [5.41, 5.74) is 7.86. The Bertz CT molecular complexity index is 1340. The number of rotatable bonds is 10. The summed E-state index contributed by atoms with van der Waals surface area (Å²) in [5, 5.41) is 5.08. The molecule has 2 heterocycles. The highest BCUT2D eigenvalue weighted by atomic mass is 32.1. The van der Waals surface area contributed by atoms with Gasteiger partial charge in [0.05, 0.1) is 12.1 Å². The molecule has 39 heavy (non-hydrogen) atoms. The number of esters is 1. The standard InChI is InChI=1S/C29H31N3O6S/c1-17(2)37-29(36)26-25(38-26)28(35)32-31-24(33)14-13-19-8-4-5-11-22(19)27(34)30-18(3)20-9-6-10-21(16-20)23-12-7-15-39-23/h4-12,15-18,25-26H,13-14H2,1-3H3,(H,30,34)(H,31,33)(H,32,35)/t18-,25?,26?/m1/s1. The van der Waals surface area contributed by atoms with Crippen molar-refractivity contribution in [1.29, 1.82) is 0 Å². The second-order valence-electron chi connectivity index (χ2n) is 9.46. The Morgan fingerprint density at radius 1 is 0.949 bits per heavy atom. The number of epoxide rings is 1. The zero-order valence-electron chi connectivity index (χ0n) is 21.9. The van der Waals surface area contributed by atoms with Crippen LogP contribution in [0.4, 0.5) is 0 Å². The molecule has 204 valence electrons. The minimum atomic E-state index is -0.992. The van der Waals surface area contributed by atoms with Crippen LogP contribution in [0.1, 0.15) is 54.7 Å². The molecule has 2 aromatic carbocycles. The minimum Gasteiger partial charge on any atom is -0.461 e. The fraction of sp³-hybridized carbons (Fsp3) is 0.310. The fourth-order valence-corrected chi connectivity index (χ4v) is 4.75. The van der Waals surface area contributed by atoms with Crippen molar-refractivity contribution < 1.29 is 28.7 Å². The molecule has 3 aromatic rings. The zero-order chi connectivity index (χ0) is 27.9. The number of hydrazine groups is 1. The largest absolute Gasteiger partial charge is 0.461 e. The van der Waals surface area contributed by atoms with Gasteiger partial charge in [0.2, 0.25) is 5.91 Å². The van der Waals surface area contributed by atoms with Gasteiger partial charge >= 0.3 is 5.97 Å². The molecule has 0 bridgehead atoms. The summed E-state index contributed by atoms with van der Waals surface area (Å²) in [4.78, 5) is 50.5. The van der Waals surface area contributed by atoms with E-state index < -0.39 is 30.0 Å². The molecule has 1 aromatic heterocycles. The number of hydrogen-bond acceptors (Lipinski definition) is 7. The van der Waals surface area contributed by atoms with Crippen LogP contribution >= 0.6 is 11.3 Å². The van der Waals surface area contributed by atoms with Gasteiger partial charge in [-0.3, -0.25) is 25.2 Å². The summed E-state index contributed by atoms with van der Waals surface area (Å²) in [7, 11) is 0. The Morgan fingerprint density at radius 2 is 1.74 bits per heavy atom. The van der Waals surface area contributed by atoms with Crippen molar-refractivity contribution in [3.63, 3.8) is 0 Å². The topological polar surface area (TPSA) is 126 Å². The predicted molar refractivity (Wildman–Crippen MR) is 147 cm³/mol. The number of amides is 3. The van der Waals surface area contributed by atoms with Gasteiger partial charge in [-0.05, 0) is 67.5 Å². The molecule has 4 rings (SSSR count). The van der Waals surface area contributed by atoms with Gasteiger partial charge in [-0.15, -0.1) is 11.3 Å². The maximum absolute atomic E-state index is 13.1. The third-order valence-corrected chi connectivity index (χ3v) is 7.00. The van der Waals surface area contributed by atoms with Crippen molar-refractivity contribution in [3.8, 4) is 10.4 Å². The van der Waals surface area contributed by atoms with Crippen LogP contribution in [0.2, 0.25) is 0 Å². The van der Waals surface area contributed by atoms with Gasteiger partial charge in [0.25, 0.3) is 11.8 Å². The molecular weight excluding hydrogens is 518 g/mol. The van der Waals surface area contributed by atoms with Crippen LogP contribution in [0.3, 0.4) is 0 Å². The molecule has 1 aliphatic heterocycles. The second-order valence-corrected chi connectivity index (χ2v) is 10.4. The Balaban J connectivity index is 1.28. The second kappa shape index (κ2) is 12.7. The van der Waals surface area contributed by atoms with Crippen molar-refractivity contribution in [2.75, 3.05) is 0 Å². The highest BCUT2D eigenvalue weighted by Crippen LogP contribution is 2.27.